The molecule has 1 rings (SSSR count). The molecule has 0 radical (unpaired) electrons. The van der Waals surface area contributed by atoms with E-state index in [0.29, 0.717) is 0 Å². The fraction of sp³-hybridized carbons (Fsp3) is 0.500. The minimum Gasteiger partial charge on any atom is -0.481 e. The average molecular weight is 293 g/mol. The van der Waals surface area contributed by atoms with Gasteiger partial charge < -0.3 is 10.2 Å². The van der Waals surface area contributed by atoms with Crippen LogP contribution in [-0.4, -0.2) is 16.2 Å². The molecule has 0 aliphatic rings. The van der Waals surface area contributed by atoms with Crippen LogP contribution in [0.4, 0.5) is 0 Å². The first-order valence-corrected chi connectivity index (χ1v) is 6.16. The molecule has 1 aromatic rings. The lowest BCUT2D eigenvalue weighted by Gasteiger charge is -2.22. The van der Waals surface area contributed by atoms with Crippen molar-refractivity contribution in [2.45, 2.75) is 26.4 Å². The van der Waals surface area contributed by atoms with Crippen LogP contribution in [0.5, 0.6) is 0 Å². The molecule has 1 aromatic heterocycles. The first kappa shape index (κ1) is 12.7. The van der Waals surface area contributed by atoms with Crippen molar-refractivity contribution in [2.24, 2.45) is 5.41 Å². The van der Waals surface area contributed by atoms with Crippen LogP contribution in [-0.2, 0) is 4.79 Å². The molecule has 1 heterocycles. The lowest BCUT2D eigenvalue weighted by Crippen LogP contribution is -2.25. The van der Waals surface area contributed by atoms with Crippen LogP contribution in [0.15, 0.2) is 15.9 Å². The number of rotatable bonds is 4. The minimum absolute atomic E-state index is 0.210. The third-order valence-electron chi connectivity index (χ3n) is 2.23. The fourth-order valence-corrected chi connectivity index (χ4v) is 2.83. The lowest BCUT2D eigenvalue weighted by molar-refractivity contribution is -0.148. The third kappa shape index (κ3) is 3.03. The highest BCUT2D eigenvalue weighted by atomic mass is 79.9. The molecule has 1 atom stereocenters. The largest absolute Gasteiger partial charge is 0.481 e. The number of hydrogen-bond donors (Lipinski definition) is 2. The third-order valence-corrected chi connectivity index (χ3v) is 4.20. The quantitative estimate of drug-likeness (QED) is 0.897. The van der Waals surface area contributed by atoms with E-state index >= 15 is 0 Å². The Morgan fingerprint density at radius 2 is 2.27 bits per heavy atom. The highest BCUT2D eigenvalue weighted by molar-refractivity contribution is 9.10. The summed E-state index contributed by atoms with van der Waals surface area (Å²) in [5, 5.41) is 20.7. The van der Waals surface area contributed by atoms with Crippen LogP contribution >= 0.6 is 27.3 Å². The molecule has 15 heavy (non-hydrogen) atoms. The second-order valence-corrected chi connectivity index (χ2v) is 5.84. The Morgan fingerprint density at radius 1 is 1.67 bits per heavy atom. The number of carboxylic acid groups (broad SMARTS) is 1. The zero-order valence-corrected chi connectivity index (χ0v) is 10.9. The molecule has 1 unspecified atom stereocenters. The van der Waals surface area contributed by atoms with Gasteiger partial charge in [-0.1, -0.05) is 0 Å². The normalized spacial score (nSPS) is 13.9. The van der Waals surface area contributed by atoms with Crippen molar-refractivity contribution in [3.05, 3.63) is 20.8 Å². The highest BCUT2D eigenvalue weighted by Gasteiger charge is 2.31. The van der Waals surface area contributed by atoms with Gasteiger partial charge in [-0.2, -0.15) is 0 Å². The van der Waals surface area contributed by atoms with Gasteiger partial charge in [0.2, 0.25) is 0 Å². The SMILES string of the molecule is CC(C)(CC(O)c1sccc1Br)C(=O)O. The standard InChI is InChI=1S/C10H13BrO3S/c1-10(2,9(13)14)5-7(12)8-6(11)3-4-15-8/h3-4,7,12H,5H2,1-2H3,(H,13,14). The van der Waals surface area contributed by atoms with Crippen molar-refractivity contribution in [1.29, 1.82) is 0 Å². The lowest BCUT2D eigenvalue weighted by atomic mass is 9.86. The van der Waals surface area contributed by atoms with Crippen molar-refractivity contribution in [3.8, 4) is 0 Å². The molecule has 5 heteroatoms. The first-order chi connectivity index (χ1) is 6.84. The zero-order chi connectivity index (χ0) is 11.6. The zero-order valence-electron chi connectivity index (χ0n) is 8.53. The molecule has 2 N–H and O–H groups in total. The summed E-state index contributed by atoms with van der Waals surface area (Å²) in [6.07, 6.45) is -0.521. The highest BCUT2D eigenvalue weighted by Crippen LogP contribution is 2.36. The van der Waals surface area contributed by atoms with Crippen LogP contribution in [0.3, 0.4) is 0 Å². The van der Waals surface area contributed by atoms with Gasteiger partial charge in [0.25, 0.3) is 0 Å². The molecule has 0 saturated carbocycles. The number of hydrogen-bond acceptors (Lipinski definition) is 3. The maximum atomic E-state index is 10.9. The van der Waals surface area contributed by atoms with Crippen LogP contribution in [0, 0.1) is 5.41 Å². The van der Waals surface area contributed by atoms with Crippen LogP contribution in [0.1, 0.15) is 31.2 Å². The predicted molar refractivity (Wildman–Crippen MR) is 63.0 cm³/mol. The van der Waals surface area contributed by atoms with E-state index in [9.17, 15) is 9.90 Å². The maximum Gasteiger partial charge on any atom is 0.309 e. The number of carbonyl (C=O) groups is 1. The number of thiophene rings is 1. The second-order valence-electron chi connectivity index (χ2n) is 4.04. The van der Waals surface area contributed by atoms with E-state index in [-0.39, 0.29) is 6.42 Å². The number of aliphatic carboxylic acids is 1. The Kier molecular flexibility index (Phi) is 3.92. The molecule has 0 amide bonds. The number of aliphatic hydroxyl groups excluding tert-OH is 1. The van der Waals surface area contributed by atoms with Crippen LogP contribution in [0.2, 0.25) is 0 Å². The van der Waals surface area contributed by atoms with Gasteiger partial charge in [0.1, 0.15) is 0 Å². The molecule has 0 spiro atoms. The summed E-state index contributed by atoms with van der Waals surface area (Å²) in [7, 11) is 0. The van der Waals surface area contributed by atoms with E-state index < -0.39 is 17.5 Å². The number of aliphatic hydroxyl groups is 1. The van der Waals surface area contributed by atoms with Gasteiger partial charge in [-0.15, -0.1) is 11.3 Å². The van der Waals surface area contributed by atoms with E-state index in [4.69, 9.17) is 5.11 Å². The Balaban J connectivity index is 2.76. The molecule has 0 saturated heterocycles. The van der Waals surface area contributed by atoms with E-state index in [1.807, 2.05) is 11.4 Å². The van der Waals surface area contributed by atoms with Gasteiger partial charge in [-0.25, -0.2) is 0 Å². The maximum absolute atomic E-state index is 10.9. The van der Waals surface area contributed by atoms with Crippen LogP contribution < -0.4 is 0 Å². The van der Waals surface area contributed by atoms with Gasteiger partial charge in [-0.3, -0.25) is 4.79 Å². The topological polar surface area (TPSA) is 57.5 Å². The Hall–Kier alpha value is -0.390. The van der Waals surface area contributed by atoms with Crippen molar-refractivity contribution in [1.82, 2.24) is 0 Å². The van der Waals surface area contributed by atoms with Crippen molar-refractivity contribution >= 4 is 33.2 Å². The van der Waals surface area contributed by atoms with E-state index in [0.717, 1.165) is 9.35 Å². The van der Waals surface area contributed by atoms with E-state index in [2.05, 4.69) is 15.9 Å². The second kappa shape index (κ2) is 4.63. The summed E-state index contributed by atoms with van der Waals surface area (Å²) in [4.78, 5) is 11.7. The molecular formula is C10H13BrO3S. The Labute approximate surface area is 101 Å². The molecule has 0 aliphatic carbocycles. The van der Waals surface area contributed by atoms with Gasteiger partial charge in [0.15, 0.2) is 0 Å². The smallest absolute Gasteiger partial charge is 0.309 e. The molecule has 0 fully saturated rings. The number of carboxylic acids is 1. The van der Waals surface area contributed by atoms with Gasteiger partial charge in [0, 0.05) is 9.35 Å². The van der Waals surface area contributed by atoms with E-state index in [1.54, 1.807) is 13.8 Å². The van der Waals surface area contributed by atoms with Crippen molar-refractivity contribution in [2.75, 3.05) is 0 Å². The van der Waals surface area contributed by atoms with Gasteiger partial charge >= 0.3 is 5.97 Å². The minimum atomic E-state index is -0.914. The van der Waals surface area contributed by atoms with Crippen molar-refractivity contribution in [3.63, 3.8) is 0 Å². The Morgan fingerprint density at radius 3 is 2.67 bits per heavy atom. The van der Waals surface area contributed by atoms with Crippen molar-refractivity contribution < 1.29 is 15.0 Å². The molecule has 0 bridgehead atoms. The van der Waals surface area contributed by atoms with Crippen LogP contribution in [0.25, 0.3) is 0 Å². The first-order valence-electron chi connectivity index (χ1n) is 4.49. The van der Waals surface area contributed by atoms with E-state index in [1.165, 1.54) is 11.3 Å². The average Bonchev–Trinajstić information content (AvgIpc) is 2.50. The molecule has 3 nitrogen and oxygen atoms in total. The summed E-state index contributed by atoms with van der Waals surface area (Å²) < 4.78 is 0.834. The molecule has 0 aliphatic heterocycles. The molecule has 84 valence electrons. The van der Waals surface area contributed by atoms with Gasteiger partial charge in [0.05, 0.1) is 11.5 Å². The summed E-state index contributed by atoms with van der Waals surface area (Å²) >= 11 is 4.73. The molecular weight excluding hydrogens is 280 g/mol. The summed E-state index contributed by atoms with van der Waals surface area (Å²) in [6, 6.07) is 1.84. The molecule has 0 aromatic carbocycles. The predicted octanol–water partition coefficient (Wildman–Crippen LogP) is 3.04. The Bertz CT molecular complexity index is 359. The summed E-state index contributed by atoms with van der Waals surface area (Å²) in [5.41, 5.74) is -0.914. The summed E-state index contributed by atoms with van der Waals surface area (Å²) in [6.45, 7) is 3.22. The fourth-order valence-electron chi connectivity index (χ4n) is 1.21. The number of halogens is 1. The van der Waals surface area contributed by atoms with Gasteiger partial charge in [-0.05, 0) is 47.6 Å². The monoisotopic (exact) mass is 292 g/mol. The summed E-state index contributed by atoms with van der Waals surface area (Å²) in [5.74, 6) is -0.894.